The Morgan fingerprint density at radius 3 is 2.37 bits per heavy atom. The maximum Gasteiger partial charge on any atom is 0.246 e. The summed E-state index contributed by atoms with van der Waals surface area (Å²) in [6.45, 7) is 6.36. The molecule has 1 saturated heterocycles. The van der Waals surface area contributed by atoms with Crippen LogP contribution in [-0.4, -0.2) is 44.3 Å². The van der Waals surface area contributed by atoms with E-state index >= 15 is 0 Å². The third-order valence-electron chi connectivity index (χ3n) is 6.28. The topological polar surface area (TPSA) is 72.9 Å². The number of aryl methyl sites for hydroxylation is 3. The Morgan fingerprint density at radius 2 is 1.70 bits per heavy atom. The molecule has 1 spiro atoms. The Balaban J connectivity index is 1.57. The van der Waals surface area contributed by atoms with Gasteiger partial charge < -0.3 is 9.47 Å². The smallest absolute Gasteiger partial charge is 0.246 e. The fourth-order valence-electron chi connectivity index (χ4n) is 4.28. The van der Waals surface area contributed by atoms with E-state index in [1.807, 2.05) is 39.0 Å². The van der Waals surface area contributed by atoms with Gasteiger partial charge in [-0.05, 0) is 56.2 Å². The largest absolute Gasteiger partial charge is 0.495 e. The second kappa shape index (κ2) is 7.39. The van der Waals surface area contributed by atoms with Gasteiger partial charge in [-0.3, -0.25) is 4.79 Å². The number of carbonyl (C=O) groups excluding carboxylic acids is 1. The van der Waals surface area contributed by atoms with Crippen molar-refractivity contribution >= 4 is 15.8 Å². The molecular weight excluding hydrogens is 402 g/mol. The van der Waals surface area contributed by atoms with Crippen LogP contribution in [0.2, 0.25) is 0 Å². The van der Waals surface area contributed by atoms with E-state index in [2.05, 4.69) is 0 Å². The van der Waals surface area contributed by atoms with E-state index in [0.717, 1.165) is 16.7 Å². The number of benzene rings is 2. The molecule has 2 aromatic rings. The zero-order valence-electron chi connectivity index (χ0n) is 17.8. The minimum Gasteiger partial charge on any atom is -0.495 e. The molecule has 0 atom stereocenters. The molecule has 2 heterocycles. The highest BCUT2D eigenvalue weighted by Crippen LogP contribution is 2.41. The van der Waals surface area contributed by atoms with Crippen molar-refractivity contribution in [1.29, 1.82) is 0 Å². The Labute approximate surface area is 177 Å². The second-order valence-corrected chi connectivity index (χ2v) is 10.3. The van der Waals surface area contributed by atoms with Crippen LogP contribution < -0.4 is 9.47 Å². The number of methoxy groups -OCH3 is 1. The molecule has 2 aromatic carbocycles. The highest BCUT2D eigenvalue weighted by atomic mass is 32.2. The summed E-state index contributed by atoms with van der Waals surface area (Å²) >= 11 is 0. The average molecular weight is 430 g/mol. The zero-order chi connectivity index (χ0) is 21.7. The molecule has 0 bridgehead atoms. The van der Waals surface area contributed by atoms with Crippen LogP contribution in [0.3, 0.4) is 0 Å². The minimum absolute atomic E-state index is 0.0621. The lowest BCUT2D eigenvalue weighted by molar-refractivity contribution is 0.00588. The molecule has 4 rings (SSSR count). The van der Waals surface area contributed by atoms with Crippen molar-refractivity contribution in [2.24, 2.45) is 0 Å². The fraction of sp³-hybridized carbons (Fsp3) is 0.435. The van der Waals surface area contributed by atoms with Crippen LogP contribution in [0.15, 0.2) is 35.2 Å². The number of carbonyl (C=O) groups is 1. The highest BCUT2D eigenvalue weighted by molar-refractivity contribution is 7.89. The highest BCUT2D eigenvalue weighted by Gasteiger charge is 2.45. The number of Topliss-reactive ketones (excluding diaryl/α,β-unsaturated/α-hetero) is 1. The number of nitrogens with zero attached hydrogens (tertiary/aromatic N) is 1. The molecular formula is C23H27NO5S. The maximum atomic E-state index is 13.3. The standard InChI is InChI=1S/C23H27NO5S/c1-15-5-6-20-18(11-15)19(25)14-23(29-20)7-9-24(10-8-23)30(26,27)22-13-17(3)16(2)12-21(22)28-4/h5-6,11-13H,7-10,14H2,1-4H3. The van der Waals surface area contributed by atoms with Crippen LogP contribution in [0, 0.1) is 20.8 Å². The molecule has 0 amide bonds. The summed E-state index contributed by atoms with van der Waals surface area (Å²) in [6.07, 6.45) is 1.22. The lowest BCUT2D eigenvalue weighted by Crippen LogP contribution is -2.52. The number of hydrogen-bond donors (Lipinski definition) is 0. The van der Waals surface area contributed by atoms with Gasteiger partial charge in [-0.15, -0.1) is 0 Å². The summed E-state index contributed by atoms with van der Waals surface area (Å²) in [6, 6.07) is 9.06. The number of fused-ring (bicyclic) bond motifs is 1. The first kappa shape index (κ1) is 20.9. The Bertz CT molecular complexity index is 1110. The van der Waals surface area contributed by atoms with E-state index < -0.39 is 15.6 Å². The summed E-state index contributed by atoms with van der Waals surface area (Å²) in [5.74, 6) is 1.02. The molecule has 0 N–H and O–H groups in total. The summed E-state index contributed by atoms with van der Waals surface area (Å²) in [5.41, 5.74) is 2.88. The molecule has 2 aliphatic rings. The van der Waals surface area contributed by atoms with Crippen LogP contribution in [0.25, 0.3) is 0 Å². The number of hydrogen-bond acceptors (Lipinski definition) is 5. The maximum absolute atomic E-state index is 13.3. The normalized spacial score (nSPS) is 18.7. The lowest BCUT2D eigenvalue weighted by atomic mass is 9.83. The Kier molecular flexibility index (Phi) is 5.14. The number of piperidine rings is 1. The van der Waals surface area contributed by atoms with Gasteiger partial charge in [0.1, 0.15) is 22.0 Å². The average Bonchev–Trinajstić information content (AvgIpc) is 2.70. The minimum atomic E-state index is -3.71. The van der Waals surface area contributed by atoms with Crippen molar-refractivity contribution in [2.45, 2.75) is 50.5 Å². The SMILES string of the molecule is COc1cc(C)c(C)cc1S(=O)(=O)N1CCC2(CC1)CC(=O)c1cc(C)ccc1O2. The Morgan fingerprint density at radius 1 is 1.03 bits per heavy atom. The molecule has 0 radical (unpaired) electrons. The first-order valence-corrected chi connectivity index (χ1v) is 11.6. The van der Waals surface area contributed by atoms with E-state index in [9.17, 15) is 13.2 Å². The van der Waals surface area contributed by atoms with Gasteiger partial charge in [0.25, 0.3) is 0 Å². The molecule has 1 fully saturated rings. The molecule has 2 aliphatic heterocycles. The second-order valence-electron chi connectivity index (χ2n) is 8.38. The van der Waals surface area contributed by atoms with Crippen LogP contribution in [-0.2, 0) is 10.0 Å². The quantitative estimate of drug-likeness (QED) is 0.742. The fourth-order valence-corrected chi connectivity index (χ4v) is 5.95. The number of ketones is 1. The summed E-state index contributed by atoms with van der Waals surface area (Å²) in [4.78, 5) is 12.9. The third kappa shape index (κ3) is 3.50. The molecule has 0 aliphatic carbocycles. The number of rotatable bonds is 3. The van der Waals surface area contributed by atoms with E-state index in [1.165, 1.54) is 11.4 Å². The molecule has 30 heavy (non-hydrogen) atoms. The van der Waals surface area contributed by atoms with Gasteiger partial charge in [-0.25, -0.2) is 8.42 Å². The van der Waals surface area contributed by atoms with Crippen LogP contribution in [0.5, 0.6) is 11.5 Å². The van der Waals surface area contributed by atoms with Crippen molar-refractivity contribution in [3.63, 3.8) is 0 Å². The van der Waals surface area contributed by atoms with E-state index in [0.29, 0.717) is 43.0 Å². The zero-order valence-corrected chi connectivity index (χ0v) is 18.6. The van der Waals surface area contributed by atoms with Gasteiger partial charge in [0.2, 0.25) is 10.0 Å². The molecule has 7 heteroatoms. The van der Waals surface area contributed by atoms with Crippen LogP contribution in [0.4, 0.5) is 0 Å². The van der Waals surface area contributed by atoms with E-state index in [4.69, 9.17) is 9.47 Å². The summed E-state index contributed by atoms with van der Waals surface area (Å²) in [7, 11) is -2.23. The van der Waals surface area contributed by atoms with E-state index in [-0.39, 0.29) is 17.1 Å². The van der Waals surface area contributed by atoms with Crippen LogP contribution in [0.1, 0.15) is 46.3 Å². The van der Waals surface area contributed by atoms with Gasteiger partial charge in [-0.1, -0.05) is 11.6 Å². The van der Waals surface area contributed by atoms with Crippen molar-refractivity contribution in [3.8, 4) is 11.5 Å². The first-order valence-electron chi connectivity index (χ1n) is 10.1. The van der Waals surface area contributed by atoms with Crippen molar-refractivity contribution in [1.82, 2.24) is 4.31 Å². The predicted molar refractivity (Wildman–Crippen MR) is 114 cm³/mol. The van der Waals surface area contributed by atoms with Crippen LogP contribution >= 0.6 is 0 Å². The Hall–Kier alpha value is -2.38. The van der Waals surface area contributed by atoms with Gasteiger partial charge >= 0.3 is 0 Å². The van der Waals surface area contributed by atoms with Gasteiger partial charge in [0.05, 0.1) is 19.1 Å². The van der Waals surface area contributed by atoms with E-state index in [1.54, 1.807) is 12.1 Å². The molecule has 0 unspecified atom stereocenters. The van der Waals surface area contributed by atoms with Gasteiger partial charge in [-0.2, -0.15) is 4.31 Å². The molecule has 0 aromatic heterocycles. The van der Waals surface area contributed by atoms with Crippen molar-refractivity contribution < 1.29 is 22.7 Å². The summed E-state index contributed by atoms with van der Waals surface area (Å²) < 4.78 is 39.8. The first-order chi connectivity index (χ1) is 14.1. The molecule has 160 valence electrons. The van der Waals surface area contributed by atoms with Gasteiger partial charge in [0.15, 0.2) is 5.78 Å². The number of sulfonamides is 1. The monoisotopic (exact) mass is 429 g/mol. The summed E-state index contributed by atoms with van der Waals surface area (Å²) in [5, 5.41) is 0. The van der Waals surface area contributed by atoms with Gasteiger partial charge in [0, 0.05) is 25.9 Å². The van der Waals surface area contributed by atoms with Crippen molar-refractivity contribution in [2.75, 3.05) is 20.2 Å². The third-order valence-corrected chi connectivity index (χ3v) is 8.20. The van der Waals surface area contributed by atoms with Crippen molar-refractivity contribution in [3.05, 3.63) is 52.6 Å². The molecule has 0 saturated carbocycles. The molecule has 6 nitrogen and oxygen atoms in total. The lowest BCUT2D eigenvalue weighted by Gasteiger charge is -2.43. The predicted octanol–water partition coefficient (Wildman–Crippen LogP) is 3.81. The number of ether oxygens (including phenoxy) is 2.